The number of carboxylic acids is 1. The fraction of sp³-hybridized carbons (Fsp3) is 0.632. The lowest BCUT2D eigenvalue weighted by Gasteiger charge is -2.20. The van der Waals surface area contributed by atoms with Crippen LogP contribution in [0.25, 0.3) is 0 Å². The van der Waals surface area contributed by atoms with E-state index >= 15 is 0 Å². The average Bonchev–Trinajstić information content (AvgIpc) is 3.26. The normalized spacial score (nSPS) is 21.5. The number of hydrogen-bond acceptors (Lipinski definition) is 2. The number of benzene rings is 1. The molecule has 0 amide bonds. The lowest BCUT2D eigenvalue weighted by Crippen LogP contribution is -2.11. The maximum atomic E-state index is 11.0. The van der Waals surface area contributed by atoms with Gasteiger partial charge in [-0.05, 0) is 80.2 Å². The first kappa shape index (κ1) is 16.9. The van der Waals surface area contributed by atoms with Gasteiger partial charge in [0.15, 0.2) is 0 Å². The van der Waals surface area contributed by atoms with Gasteiger partial charge < -0.3 is 9.84 Å². The highest BCUT2D eigenvalue weighted by molar-refractivity contribution is 5.73. The van der Waals surface area contributed by atoms with Crippen molar-refractivity contribution >= 4 is 5.97 Å². The molecule has 0 radical (unpaired) electrons. The second kappa shape index (κ2) is 6.72. The Kier molecular flexibility index (Phi) is 5.15. The van der Waals surface area contributed by atoms with E-state index in [1.54, 1.807) is 0 Å². The molecule has 3 unspecified atom stereocenters. The van der Waals surface area contributed by atoms with Gasteiger partial charge in [0, 0.05) is 0 Å². The number of carbonyl (C=O) groups is 1. The quantitative estimate of drug-likeness (QED) is 0.817. The van der Waals surface area contributed by atoms with E-state index in [2.05, 4.69) is 40.7 Å². The molecule has 1 aliphatic rings. The van der Waals surface area contributed by atoms with Crippen molar-refractivity contribution in [2.45, 2.75) is 53.9 Å². The SMILES string of the molecule is CCCOc1cc(C)c(CC(C)C2CC2C(=O)O)c(C)c1C. The van der Waals surface area contributed by atoms with Gasteiger partial charge in [-0.15, -0.1) is 0 Å². The molecule has 1 aromatic carbocycles. The Labute approximate surface area is 133 Å². The summed E-state index contributed by atoms with van der Waals surface area (Å²) in [6.07, 6.45) is 2.81. The minimum absolute atomic E-state index is 0.121. The fourth-order valence-electron chi connectivity index (χ4n) is 3.38. The van der Waals surface area contributed by atoms with Crippen molar-refractivity contribution in [3.8, 4) is 5.75 Å². The summed E-state index contributed by atoms with van der Waals surface area (Å²) in [7, 11) is 0. The Morgan fingerprint density at radius 3 is 2.59 bits per heavy atom. The number of ether oxygens (including phenoxy) is 1. The first-order valence-electron chi connectivity index (χ1n) is 8.32. The predicted molar refractivity (Wildman–Crippen MR) is 88.5 cm³/mol. The molecule has 0 aromatic heterocycles. The molecule has 1 aromatic rings. The lowest BCUT2D eigenvalue weighted by molar-refractivity contribution is -0.139. The second-order valence-corrected chi connectivity index (χ2v) is 6.79. The molecule has 1 fully saturated rings. The molecule has 3 nitrogen and oxygen atoms in total. The molecule has 122 valence electrons. The van der Waals surface area contributed by atoms with Gasteiger partial charge in [-0.25, -0.2) is 0 Å². The first-order valence-corrected chi connectivity index (χ1v) is 8.32. The van der Waals surface area contributed by atoms with Gasteiger partial charge >= 0.3 is 5.97 Å². The Balaban J connectivity index is 2.14. The van der Waals surface area contributed by atoms with E-state index < -0.39 is 5.97 Å². The van der Waals surface area contributed by atoms with Crippen LogP contribution >= 0.6 is 0 Å². The highest BCUT2D eigenvalue weighted by Gasteiger charge is 2.46. The van der Waals surface area contributed by atoms with Crippen LogP contribution in [0, 0.1) is 38.5 Å². The van der Waals surface area contributed by atoms with E-state index in [9.17, 15) is 4.79 Å². The van der Waals surface area contributed by atoms with Crippen molar-refractivity contribution in [3.05, 3.63) is 28.3 Å². The number of aryl methyl sites for hydroxylation is 1. The van der Waals surface area contributed by atoms with Crippen LogP contribution in [0.2, 0.25) is 0 Å². The second-order valence-electron chi connectivity index (χ2n) is 6.79. The van der Waals surface area contributed by atoms with Gasteiger partial charge in [0.2, 0.25) is 0 Å². The van der Waals surface area contributed by atoms with E-state index in [0.29, 0.717) is 11.8 Å². The molecule has 3 heteroatoms. The Hall–Kier alpha value is -1.51. The number of carboxylic acid groups (broad SMARTS) is 1. The molecular weight excluding hydrogens is 276 g/mol. The maximum Gasteiger partial charge on any atom is 0.306 e. The van der Waals surface area contributed by atoms with E-state index in [1.165, 1.54) is 22.3 Å². The third-order valence-corrected chi connectivity index (χ3v) is 5.08. The molecule has 0 heterocycles. The number of rotatable bonds is 7. The highest BCUT2D eigenvalue weighted by atomic mass is 16.5. The van der Waals surface area contributed by atoms with Gasteiger partial charge in [-0.1, -0.05) is 13.8 Å². The summed E-state index contributed by atoms with van der Waals surface area (Å²) in [6, 6.07) is 2.14. The summed E-state index contributed by atoms with van der Waals surface area (Å²) >= 11 is 0. The van der Waals surface area contributed by atoms with Gasteiger partial charge in [0.25, 0.3) is 0 Å². The van der Waals surface area contributed by atoms with Crippen molar-refractivity contribution in [1.29, 1.82) is 0 Å². The summed E-state index contributed by atoms with van der Waals surface area (Å²) in [5.74, 6) is 0.990. The van der Waals surface area contributed by atoms with Crippen LogP contribution < -0.4 is 4.74 Å². The van der Waals surface area contributed by atoms with E-state index in [-0.39, 0.29) is 5.92 Å². The standard InChI is InChI=1S/C19H28O3/c1-6-7-22-18-9-12(3)15(13(4)14(18)5)8-11(2)16-10-17(16)19(20)21/h9,11,16-17H,6-8,10H2,1-5H3,(H,20,21). The fourth-order valence-corrected chi connectivity index (χ4v) is 3.38. The molecule has 1 N–H and O–H groups in total. The molecule has 2 rings (SSSR count). The molecule has 0 bridgehead atoms. The topological polar surface area (TPSA) is 46.5 Å². The van der Waals surface area contributed by atoms with Crippen LogP contribution in [0.4, 0.5) is 0 Å². The van der Waals surface area contributed by atoms with E-state index in [0.717, 1.165) is 31.6 Å². The third-order valence-electron chi connectivity index (χ3n) is 5.08. The zero-order valence-electron chi connectivity index (χ0n) is 14.4. The van der Waals surface area contributed by atoms with Crippen molar-refractivity contribution in [2.75, 3.05) is 6.61 Å². The summed E-state index contributed by atoms with van der Waals surface area (Å²) in [5.41, 5.74) is 5.13. The van der Waals surface area contributed by atoms with Crippen molar-refractivity contribution in [1.82, 2.24) is 0 Å². The number of aliphatic carboxylic acids is 1. The van der Waals surface area contributed by atoms with Gasteiger partial charge in [-0.3, -0.25) is 4.79 Å². The smallest absolute Gasteiger partial charge is 0.306 e. The molecule has 1 saturated carbocycles. The Morgan fingerprint density at radius 1 is 1.36 bits per heavy atom. The van der Waals surface area contributed by atoms with Crippen LogP contribution in [0.5, 0.6) is 5.75 Å². The zero-order valence-corrected chi connectivity index (χ0v) is 14.4. The van der Waals surface area contributed by atoms with Crippen molar-refractivity contribution < 1.29 is 14.6 Å². The summed E-state index contributed by atoms with van der Waals surface area (Å²) in [4.78, 5) is 11.0. The first-order chi connectivity index (χ1) is 10.4. The predicted octanol–water partition coefficient (Wildman–Crippen LogP) is 4.30. The van der Waals surface area contributed by atoms with Crippen LogP contribution in [0.15, 0.2) is 6.07 Å². The largest absolute Gasteiger partial charge is 0.493 e. The lowest BCUT2D eigenvalue weighted by atomic mass is 9.88. The molecule has 22 heavy (non-hydrogen) atoms. The molecule has 0 aliphatic heterocycles. The summed E-state index contributed by atoms with van der Waals surface area (Å²) in [6.45, 7) is 11.4. The zero-order chi connectivity index (χ0) is 16.4. The van der Waals surface area contributed by atoms with Crippen LogP contribution in [0.1, 0.15) is 48.9 Å². The monoisotopic (exact) mass is 304 g/mol. The summed E-state index contributed by atoms with van der Waals surface area (Å²) in [5, 5.41) is 9.09. The summed E-state index contributed by atoms with van der Waals surface area (Å²) < 4.78 is 5.84. The maximum absolute atomic E-state index is 11.0. The highest BCUT2D eigenvalue weighted by Crippen LogP contribution is 2.46. The van der Waals surface area contributed by atoms with Crippen LogP contribution in [-0.4, -0.2) is 17.7 Å². The average molecular weight is 304 g/mol. The molecule has 0 saturated heterocycles. The van der Waals surface area contributed by atoms with Gasteiger partial charge in [0.05, 0.1) is 12.5 Å². The minimum atomic E-state index is -0.634. The molecular formula is C19H28O3. The van der Waals surface area contributed by atoms with Crippen molar-refractivity contribution in [2.24, 2.45) is 17.8 Å². The van der Waals surface area contributed by atoms with Crippen molar-refractivity contribution in [3.63, 3.8) is 0 Å². The molecule has 1 aliphatic carbocycles. The van der Waals surface area contributed by atoms with Crippen LogP contribution in [-0.2, 0) is 11.2 Å². The Bertz CT molecular complexity index is 562. The van der Waals surface area contributed by atoms with Gasteiger partial charge in [-0.2, -0.15) is 0 Å². The van der Waals surface area contributed by atoms with Gasteiger partial charge in [0.1, 0.15) is 5.75 Å². The number of hydrogen-bond donors (Lipinski definition) is 1. The minimum Gasteiger partial charge on any atom is -0.493 e. The van der Waals surface area contributed by atoms with E-state index in [4.69, 9.17) is 9.84 Å². The Morgan fingerprint density at radius 2 is 2.05 bits per heavy atom. The third kappa shape index (κ3) is 3.45. The van der Waals surface area contributed by atoms with Crippen LogP contribution in [0.3, 0.4) is 0 Å². The molecule has 0 spiro atoms. The van der Waals surface area contributed by atoms with E-state index in [1.807, 2.05) is 0 Å². The molecule has 3 atom stereocenters.